The van der Waals surface area contributed by atoms with E-state index in [0.717, 1.165) is 0 Å². The lowest BCUT2D eigenvalue weighted by Gasteiger charge is -2.24. The molecule has 0 saturated heterocycles. The third kappa shape index (κ3) is 6.64. The minimum absolute atomic E-state index is 0.119. The van der Waals surface area contributed by atoms with Crippen molar-refractivity contribution in [3.05, 3.63) is 191 Å². The first-order valence-electron chi connectivity index (χ1n) is 20.6. The summed E-state index contributed by atoms with van der Waals surface area (Å²) in [5, 5.41) is 53.5. The number of benzene rings is 8. The summed E-state index contributed by atoms with van der Waals surface area (Å²) in [5.41, 5.74) is -0.845. The molecule has 2 heterocycles. The van der Waals surface area contributed by atoms with Crippen LogP contribution in [0.25, 0.3) is 88.4 Å². The molecule has 10 rings (SSSR count). The van der Waals surface area contributed by atoms with Crippen LogP contribution in [-0.4, -0.2) is 9.13 Å². The van der Waals surface area contributed by atoms with E-state index < -0.39 is 34.6 Å². The van der Waals surface area contributed by atoms with Gasteiger partial charge in [-0.15, -0.1) is 0 Å². The fourth-order valence-corrected chi connectivity index (χ4v) is 9.32. The molecule has 0 fully saturated rings. The van der Waals surface area contributed by atoms with E-state index in [-0.39, 0.29) is 39.2 Å². The average Bonchev–Trinajstić information content (AvgIpc) is 3.86. The second-order valence-electron chi connectivity index (χ2n) is 15.8. The topological polar surface area (TPSA) is 129 Å². The molecule has 2 aromatic heterocycles. The number of fused-ring (bicyclic) bond motifs is 6. The van der Waals surface area contributed by atoms with Crippen molar-refractivity contribution in [1.82, 2.24) is 9.13 Å². The molecule has 10 aromatic rings. The lowest BCUT2D eigenvalue weighted by atomic mass is 9.90. The summed E-state index contributed by atoms with van der Waals surface area (Å²) in [4.78, 5) is 0. The Kier molecular flexibility index (Phi) is 9.85. The molecule has 0 radical (unpaired) electrons. The van der Waals surface area contributed by atoms with E-state index in [4.69, 9.17) is 0 Å². The molecule has 13 heteroatoms. The number of alkyl halides is 6. The van der Waals surface area contributed by atoms with Gasteiger partial charge in [-0.1, -0.05) is 84.9 Å². The first-order chi connectivity index (χ1) is 32.8. The van der Waals surface area contributed by atoms with Gasteiger partial charge in [-0.2, -0.15) is 52.7 Å². The number of hydrogen-bond donors (Lipinski definition) is 0. The Morgan fingerprint density at radius 2 is 0.838 bits per heavy atom. The molecule has 0 bridgehead atoms. The van der Waals surface area contributed by atoms with E-state index >= 15 is 26.3 Å². The number of nitrogens with zero attached hydrogens (tertiary/aromatic N) is 7. The molecule has 0 spiro atoms. The van der Waals surface area contributed by atoms with Crippen LogP contribution in [0.5, 0.6) is 0 Å². The van der Waals surface area contributed by atoms with Crippen LogP contribution in [0.3, 0.4) is 0 Å². The van der Waals surface area contributed by atoms with Crippen LogP contribution in [0.4, 0.5) is 26.3 Å². The Morgan fingerprint density at radius 3 is 1.31 bits per heavy atom. The zero-order valence-corrected chi connectivity index (χ0v) is 34.8. The quantitative estimate of drug-likeness (QED) is 0.159. The Hall–Kier alpha value is -9.61. The van der Waals surface area contributed by atoms with Gasteiger partial charge in [-0.25, -0.2) is 0 Å². The summed E-state index contributed by atoms with van der Waals surface area (Å²) in [5.74, 6) is 0. The summed E-state index contributed by atoms with van der Waals surface area (Å²) in [7, 11) is 0. The number of rotatable bonds is 5. The van der Waals surface area contributed by atoms with Gasteiger partial charge in [0.05, 0.1) is 91.1 Å². The highest BCUT2D eigenvalue weighted by Gasteiger charge is 2.42. The maximum atomic E-state index is 15.2. The van der Waals surface area contributed by atoms with E-state index in [0.29, 0.717) is 84.1 Å². The second-order valence-corrected chi connectivity index (χ2v) is 15.8. The molecule has 8 aromatic carbocycles. The summed E-state index contributed by atoms with van der Waals surface area (Å²) in [6.07, 6.45) is -10.6. The first-order valence-corrected chi connectivity index (χ1v) is 20.6. The zero-order chi connectivity index (χ0) is 47.6. The molecule has 0 aliphatic carbocycles. The van der Waals surface area contributed by atoms with Crippen molar-refractivity contribution >= 4 is 43.6 Å². The van der Waals surface area contributed by atoms with Gasteiger partial charge in [-0.3, -0.25) is 0 Å². The normalized spacial score (nSPS) is 11.6. The maximum absolute atomic E-state index is 15.2. The third-order valence-corrected chi connectivity index (χ3v) is 12.2. The van der Waals surface area contributed by atoms with Crippen molar-refractivity contribution in [2.45, 2.75) is 12.4 Å². The summed E-state index contributed by atoms with van der Waals surface area (Å²) < 4.78 is 94.6. The van der Waals surface area contributed by atoms with Crippen molar-refractivity contribution < 1.29 is 26.3 Å². The summed E-state index contributed by atoms with van der Waals surface area (Å²) >= 11 is 0. The van der Waals surface area contributed by atoms with Gasteiger partial charge in [-0.05, 0) is 89.0 Å². The van der Waals surface area contributed by atoms with Crippen molar-refractivity contribution in [2.75, 3.05) is 0 Å². The number of hydrogen-bond acceptors (Lipinski definition) is 5. The monoisotopic (exact) mass is 897 g/mol. The predicted molar refractivity (Wildman–Crippen MR) is 245 cm³/mol. The highest BCUT2D eigenvalue weighted by molar-refractivity contribution is 6.13. The Labute approximate surface area is 382 Å². The fourth-order valence-electron chi connectivity index (χ4n) is 9.32. The highest BCUT2D eigenvalue weighted by Crippen LogP contribution is 2.49. The Bertz CT molecular complexity index is 3990. The second kappa shape index (κ2) is 15.8. The van der Waals surface area contributed by atoms with E-state index in [1.807, 2.05) is 30.3 Å². The molecular weight excluding hydrogens is 873 g/mol. The van der Waals surface area contributed by atoms with Crippen molar-refractivity contribution in [1.29, 1.82) is 26.3 Å². The molecular formula is C55H25F6N7. The van der Waals surface area contributed by atoms with Crippen molar-refractivity contribution in [3.8, 4) is 75.1 Å². The molecule has 0 atom stereocenters. The maximum Gasteiger partial charge on any atom is 0.417 e. The predicted octanol–water partition coefficient (Wildman–Crippen LogP) is 14.3. The van der Waals surface area contributed by atoms with Gasteiger partial charge in [0.1, 0.15) is 11.6 Å². The van der Waals surface area contributed by atoms with Crippen LogP contribution in [-0.2, 0) is 12.4 Å². The van der Waals surface area contributed by atoms with Crippen LogP contribution in [0.15, 0.2) is 152 Å². The zero-order valence-electron chi connectivity index (χ0n) is 34.8. The van der Waals surface area contributed by atoms with Crippen LogP contribution in [0, 0.1) is 56.7 Å². The highest BCUT2D eigenvalue weighted by atomic mass is 19.4. The summed E-state index contributed by atoms with van der Waals surface area (Å²) in [6.45, 7) is 0. The molecule has 0 amide bonds. The molecule has 322 valence electrons. The molecule has 0 aliphatic rings. The van der Waals surface area contributed by atoms with E-state index in [2.05, 4.69) is 18.2 Å². The van der Waals surface area contributed by atoms with E-state index in [9.17, 15) is 26.3 Å². The van der Waals surface area contributed by atoms with Gasteiger partial charge in [0.25, 0.3) is 0 Å². The molecule has 0 N–H and O–H groups in total. The minimum Gasteiger partial charge on any atom is -0.308 e. The van der Waals surface area contributed by atoms with Crippen molar-refractivity contribution in [3.63, 3.8) is 0 Å². The van der Waals surface area contributed by atoms with Gasteiger partial charge in [0.15, 0.2) is 0 Å². The van der Waals surface area contributed by atoms with E-state index in [1.54, 1.807) is 89.5 Å². The van der Waals surface area contributed by atoms with Crippen molar-refractivity contribution in [2.24, 2.45) is 0 Å². The fraction of sp³-hybridized carbons (Fsp3) is 0.0364. The third-order valence-electron chi connectivity index (χ3n) is 12.2. The average molecular weight is 898 g/mol. The molecule has 0 aliphatic heterocycles. The van der Waals surface area contributed by atoms with Crippen LogP contribution >= 0.6 is 0 Å². The van der Waals surface area contributed by atoms with Crippen LogP contribution in [0.2, 0.25) is 0 Å². The van der Waals surface area contributed by atoms with Crippen LogP contribution < -0.4 is 0 Å². The van der Waals surface area contributed by atoms with Gasteiger partial charge in [0.2, 0.25) is 0 Å². The lowest BCUT2D eigenvalue weighted by Crippen LogP contribution is -2.16. The van der Waals surface area contributed by atoms with Crippen LogP contribution in [0.1, 0.15) is 38.9 Å². The number of aromatic nitrogens is 2. The largest absolute Gasteiger partial charge is 0.417 e. The lowest BCUT2D eigenvalue weighted by molar-refractivity contribution is -0.142. The SMILES string of the molecule is N#Cc1ccc(-c2ccc3c4ccccc4n(-c4ccc(-c5c(C(F)(F)F)cccc5C(F)(F)F)c(-n5c6ccccc6c6ccc(-c7ccc(C#N)cc7C#N)cc65)c4C#N)c3c2)c(C#N)c1. The number of para-hydroxylation sites is 2. The van der Waals surface area contributed by atoms with Gasteiger partial charge < -0.3 is 9.13 Å². The van der Waals surface area contributed by atoms with Gasteiger partial charge >= 0.3 is 12.4 Å². The molecule has 68 heavy (non-hydrogen) atoms. The standard InChI is InChI=1S/C55H25F6N7/c56-54(57,58)45-8-5-9-46(55(59,60)61)52(45)43-20-21-49(67-47-10-3-1-6-39(47)41-18-14-33(24-50(41)67)37-16-12-31(26-62)22-35(37)28-64)44(30-66)53(43)68-48-11-4-2-7-40(48)42-19-15-34(25-51(42)68)38-17-13-32(27-63)23-36(38)29-65/h1-25H. The Morgan fingerprint density at radius 1 is 0.382 bits per heavy atom. The number of halogens is 6. The number of nitriles is 5. The molecule has 0 unspecified atom stereocenters. The Balaban J connectivity index is 1.39. The van der Waals surface area contributed by atoms with Gasteiger partial charge in [0, 0.05) is 32.7 Å². The van der Waals surface area contributed by atoms with E-state index in [1.165, 1.54) is 34.9 Å². The smallest absolute Gasteiger partial charge is 0.308 e. The molecule has 0 saturated carbocycles. The first kappa shape index (κ1) is 42.3. The summed E-state index contributed by atoms with van der Waals surface area (Å²) in [6, 6.07) is 48.7. The molecule has 7 nitrogen and oxygen atoms in total. The minimum atomic E-state index is -5.28.